The first-order valence-corrected chi connectivity index (χ1v) is 11.6. The monoisotopic (exact) mass is 489 g/mol. The van der Waals surface area contributed by atoms with Crippen molar-refractivity contribution in [2.45, 2.75) is 13.3 Å². The number of methoxy groups -OCH3 is 1. The Balaban J connectivity index is 1.56. The van der Waals surface area contributed by atoms with Crippen LogP contribution >= 0.6 is 35.6 Å². The molecule has 0 bridgehead atoms. The number of carbonyl (C=O) groups excluding carboxylic acids is 1. The number of ether oxygens (including phenoxy) is 3. The summed E-state index contributed by atoms with van der Waals surface area (Å²) in [5.41, 5.74) is 1.81. The van der Waals surface area contributed by atoms with Crippen molar-refractivity contribution in [2.24, 2.45) is 0 Å². The van der Waals surface area contributed by atoms with Crippen LogP contribution in [-0.4, -0.2) is 42.0 Å². The highest BCUT2D eigenvalue weighted by Gasteiger charge is 2.31. The third-order valence-electron chi connectivity index (χ3n) is 4.62. The van der Waals surface area contributed by atoms with Gasteiger partial charge in [-0.05, 0) is 54.5 Å². The molecule has 1 heterocycles. The lowest BCUT2D eigenvalue weighted by atomic mass is 10.2. The summed E-state index contributed by atoms with van der Waals surface area (Å²) in [4.78, 5) is 14.6. The molecule has 0 saturated carbocycles. The number of carbonyl (C=O) groups is 1. The number of hydrogen-bond acceptors (Lipinski definition) is 6. The zero-order valence-corrected chi connectivity index (χ0v) is 20.3. The van der Waals surface area contributed by atoms with E-state index in [1.807, 2.05) is 43.3 Å². The molecule has 2 aromatic carbocycles. The molecule has 1 aliphatic heterocycles. The van der Waals surface area contributed by atoms with E-state index in [0.717, 1.165) is 21.9 Å². The Bertz CT molecular complexity index is 1050. The Kier molecular flexibility index (Phi) is 8.61. The van der Waals surface area contributed by atoms with Gasteiger partial charge >= 0.3 is 0 Å². The molecule has 0 N–H and O–H groups in total. The van der Waals surface area contributed by atoms with Crippen LogP contribution in [0.3, 0.4) is 0 Å². The van der Waals surface area contributed by atoms with Crippen LogP contribution in [0.4, 0.5) is 0 Å². The zero-order chi connectivity index (χ0) is 23.1. The molecule has 1 fully saturated rings. The highest BCUT2D eigenvalue weighted by Crippen LogP contribution is 2.34. The highest BCUT2D eigenvalue weighted by atomic mass is 35.5. The number of amides is 1. The summed E-state index contributed by atoms with van der Waals surface area (Å²) < 4.78 is 17.6. The van der Waals surface area contributed by atoms with Crippen LogP contribution in [0.25, 0.3) is 6.08 Å². The molecule has 2 aromatic rings. The van der Waals surface area contributed by atoms with E-state index in [4.69, 9.17) is 38.0 Å². The third kappa shape index (κ3) is 6.06. The molecule has 1 saturated heterocycles. The van der Waals surface area contributed by atoms with Gasteiger partial charge in [0.05, 0.1) is 25.2 Å². The van der Waals surface area contributed by atoms with Crippen molar-refractivity contribution >= 4 is 51.9 Å². The first kappa shape index (κ1) is 24.2. The lowest BCUT2D eigenvalue weighted by Crippen LogP contribution is -2.27. The van der Waals surface area contributed by atoms with Crippen LogP contribution in [-0.2, 0) is 4.79 Å². The fourth-order valence-corrected chi connectivity index (χ4v) is 4.36. The molecule has 3 rings (SSSR count). The maximum absolute atomic E-state index is 12.5. The summed E-state index contributed by atoms with van der Waals surface area (Å²) in [6.45, 7) is 7.01. The highest BCUT2D eigenvalue weighted by molar-refractivity contribution is 8.26. The second-order valence-corrected chi connectivity index (χ2v) is 9.04. The van der Waals surface area contributed by atoms with Crippen molar-refractivity contribution in [2.75, 3.05) is 26.9 Å². The molecule has 168 valence electrons. The topological polar surface area (TPSA) is 48.0 Å². The van der Waals surface area contributed by atoms with Crippen molar-refractivity contribution in [1.82, 2.24) is 4.90 Å². The molecule has 0 aromatic heterocycles. The molecule has 8 heteroatoms. The molecule has 5 nitrogen and oxygen atoms in total. The lowest BCUT2D eigenvalue weighted by Gasteiger charge is -2.12. The van der Waals surface area contributed by atoms with E-state index in [-0.39, 0.29) is 5.91 Å². The first-order chi connectivity index (χ1) is 15.4. The summed E-state index contributed by atoms with van der Waals surface area (Å²) in [5.74, 6) is 1.89. The van der Waals surface area contributed by atoms with Gasteiger partial charge in [-0.3, -0.25) is 9.69 Å². The van der Waals surface area contributed by atoms with Crippen LogP contribution in [0.1, 0.15) is 17.5 Å². The van der Waals surface area contributed by atoms with Crippen molar-refractivity contribution in [3.63, 3.8) is 0 Å². The fourth-order valence-electron chi connectivity index (χ4n) is 2.97. The minimum atomic E-state index is -0.116. The first-order valence-electron chi connectivity index (χ1n) is 9.99. The van der Waals surface area contributed by atoms with Gasteiger partial charge in [0.25, 0.3) is 5.91 Å². The molecular weight excluding hydrogens is 466 g/mol. The van der Waals surface area contributed by atoms with Crippen molar-refractivity contribution in [3.8, 4) is 17.2 Å². The van der Waals surface area contributed by atoms with E-state index < -0.39 is 0 Å². The normalized spacial score (nSPS) is 14.7. The van der Waals surface area contributed by atoms with Crippen LogP contribution in [0.15, 0.2) is 54.0 Å². The summed E-state index contributed by atoms with van der Waals surface area (Å²) in [6, 6.07) is 11.1. The minimum absolute atomic E-state index is 0.116. The molecule has 0 atom stereocenters. The summed E-state index contributed by atoms with van der Waals surface area (Å²) >= 11 is 12.6. The van der Waals surface area contributed by atoms with Gasteiger partial charge in [0.1, 0.15) is 10.1 Å². The largest absolute Gasteiger partial charge is 0.493 e. The van der Waals surface area contributed by atoms with Gasteiger partial charge in [0.2, 0.25) is 0 Å². The van der Waals surface area contributed by atoms with Crippen molar-refractivity contribution in [3.05, 3.63) is 70.1 Å². The second-order valence-electron chi connectivity index (χ2n) is 6.95. The van der Waals surface area contributed by atoms with Crippen LogP contribution in [0.2, 0.25) is 5.02 Å². The number of nitrogens with zero attached hydrogens (tertiary/aromatic N) is 1. The minimum Gasteiger partial charge on any atom is -0.493 e. The van der Waals surface area contributed by atoms with Crippen LogP contribution in [0.5, 0.6) is 17.2 Å². The Morgan fingerprint density at radius 1 is 1.16 bits per heavy atom. The molecule has 0 unspecified atom stereocenters. The average Bonchev–Trinajstić information content (AvgIpc) is 3.04. The number of thioether (sulfide) groups is 1. The number of hydrogen-bond donors (Lipinski definition) is 0. The fraction of sp³-hybridized carbons (Fsp3) is 0.250. The van der Waals surface area contributed by atoms with Crippen LogP contribution < -0.4 is 14.2 Å². The Morgan fingerprint density at radius 3 is 2.66 bits per heavy atom. The Labute approximate surface area is 203 Å². The average molecular weight is 490 g/mol. The molecule has 0 spiro atoms. The van der Waals surface area contributed by atoms with E-state index in [0.29, 0.717) is 46.9 Å². The smallest absolute Gasteiger partial charge is 0.266 e. The SMILES string of the molecule is C=CCN1C(=O)C(=Cc2ccc(OCCCOc3ccc(Cl)c(C)c3)c(OC)c2)SC1=S. The van der Waals surface area contributed by atoms with Gasteiger partial charge in [-0.2, -0.15) is 0 Å². The number of benzene rings is 2. The van der Waals surface area contributed by atoms with E-state index in [1.165, 1.54) is 16.7 Å². The van der Waals surface area contributed by atoms with Gasteiger partial charge in [0, 0.05) is 18.0 Å². The molecule has 0 aliphatic carbocycles. The third-order valence-corrected chi connectivity index (χ3v) is 6.42. The molecule has 1 amide bonds. The summed E-state index contributed by atoms with van der Waals surface area (Å²) in [7, 11) is 1.58. The van der Waals surface area contributed by atoms with Crippen molar-refractivity contribution in [1.29, 1.82) is 0 Å². The van der Waals surface area contributed by atoms with E-state index in [9.17, 15) is 4.79 Å². The summed E-state index contributed by atoms with van der Waals surface area (Å²) in [5, 5.41) is 0.722. The van der Waals surface area contributed by atoms with Gasteiger partial charge in [-0.1, -0.05) is 47.7 Å². The predicted molar refractivity (Wildman–Crippen MR) is 135 cm³/mol. The lowest BCUT2D eigenvalue weighted by molar-refractivity contribution is -0.121. The van der Waals surface area contributed by atoms with E-state index in [2.05, 4.69) is 6.58 Å². The number of halogens is 1. The molecular formula is C24H24ClNO4S2. The van der Waals surface area contributed by atoms with Crippen LogP contribution in [0, 0.1) is 6.92 Å². The Hall–Kier alpha value is -2.48. The standard InChI is InChI=1S/C24H24ClNO4S2/c1-4-10-26-23(27)22(32-24(26)31)15-17-6-9-20(21(14-17)28-3)30-12-5-11-29-18-7-8-19(25)16(2)13-18/h4,6-9,13-15H,1,5,10-12H2,2-3H3. The molecule has 32 heavy (non-hydrogen) atoms. The van der Waals surface area contributed by atoms with Crippen molar-refractivity contribution < 1.29 is 19.0 Å². The quantitative estimate of drug-likeness (QED) is 0.179. The van der Waals surface area contributed by atoms with Gasteiger partial charge < -0.3 is 14.2 Å². The van der Waals surface area contributed by atoms with Gasteiger partial charge in [-0.25, -0.2) is 0 Å². The van der Waals surface area contributed by atoms with E-state index in [1.54, 1.807) is 19.3 Å². The van der Waals surface area contributed by atoms with Gasteiger partial charge in [-0.15, -0.1) is 6.58 Å². The number of aryl methyl sites for hydroxylation is 1. The Morgan fingerprint density at radius 2 is 1.94 bits per heavy atom. The number of thiocarbonyl (C=S) groups is 1. The molecule has 0 radical (unpaired) electrons. The van der Waals surface area contributed by atoms with Gasteiger partial charge in [0.15, 0.2) is 11.5 Å². The maximum atomic E-state index is 12.5. The number of rotatable bonds is 10. The maximum Gasteiger partial charge on any atom is 0.266 e. The zero-order valence-electron chi connectivity index (χ0n) is 17.9. The van der Waals surface area contributed by atoms with E-state index >= 15 is 0 Å². The summed E-state index contributed by atoms with van der Waals surface area (Å²) in [6.07, 6.45) is 4.17. The predicted octanol–water partition coefficient (Wildman–Crippen LogP) is 5.89. The molecule has 1 aliphatic rings. The second kappa shape index (κ2) is 11.4.